The zero-order valence-electron chi connectivity index (χ0n) is 14.7. The number of Topliss-reactive ketones (excluding diaryl/α,β-unsaturated/α-hetero) is 1. The quantitative estimate of drug-likeness (QED) is 0.655. The first-order valence-corrected chi connectivity index (χ1v) is 9.37. The minimum absolute atomic E-state index is 0.110. The van der Waals surface area contributed by atoms with Gasteiger partial charge in [0, 0.05) is 24.2 Å². The van der Waals surface area contributed by atoms with Gasteiger partial charge in [0.15, 0.2) is 0 Å². The number of hydrogen-bond acceptors (Lipinski definition) is 4. The highest BCUT2D eigenvalue weighted by Crippen LogP contribution is 2.40. The Morgan fingerprint density at radius 1 is 1.33 bits per heavy atom. The van der Waals surface area contributed by atoms with Crippen LogP contribution in [0.4, 0.5) is 0 Å². The molecule has 0 aliphatic carbocycles. The lowest BCUT2D eigenvalue weighted by Crippen LogP contribution is -2.53. The molecular weight excluding hydrogens is 316 g/mol. The zero-order valence-corrected chi connectivity index (χ0v) is 15.6. The van der Waals surface area contributed by atoms with E-state index in [0.29, 0.717) is 5.92 Å². The van der Waals surface area contributed by atoms with Crippen molar-refractivity contribution in [3.63, 3.8) is 0 Å². The van der Waals surface area contributed by atoms with Crippen LogP contribution in [-0.4, -0.2) is 40.7 Å². The van der Waals surface area contributed by atoms with Crippen molar-refractivity contribution in [3.05, 3.63) is 47.7 Å². The molecule has 24 heavy (non-hydrogen) atoms. The summed E-state index contributed by atoms with van der Waals surface area (Å²) in [5.41, 5.74) is 1.81. The molecule has 130 valence electrons. The van der Waals surface area contributed by atoms with Gasteiger partial charge in [-0.05, 0) is 52.0 Å². The van der Waals surface area contributed by atoms with Crippen LogP contribution in [0, 0.1) is 5.92 Å². The van der Waals surface area contributed by atoms with Crippen molar-refractivity contribution in [1.29, 1.82) is 0 Å². The molecule has 0 amide bonds. The molecule has 0 radical (unpaired) electrons. The number of allylic oxidation sites excluding steroid dienone is 2. The van der Waals surface area contributed by atoms with Crippen LogP contribution in [0.15, 0.2) is 42.1 Å². The third-order valence-electron chi connectivity index (χ3n) is 5.52. The van der Waals surface area contributed by atoms with Gasteiger partial charge in [-0.25, -0.2) is 0 Å². The zero-order chi connectivity index (χ0) is 17.2. The van der Waals surface area contributed by atoms with E-state index < -0.39 is 0 Å². The molecule has 0 bridgehead atoms. The van der Waals surface area contributed by atoms with Crippen LogP contribution in [-0.2, 0) is 0 Å². The van der Waals surface area contributed by atoms with Gasteiger partial charge in [0.1, 0.15) is 0 Å². The highest BCUT2D eigenvalue weighted by molar-refractivity contribution is 7.77. The SMILES string of the molecule is CN(S)CC1CCC2(C)CCCC=C(C(=O)c3ccccc3)N2C1. The Hall–Kier alpha value is -1.26. The highest BCUT2D eigenvalue weighted by Gasteiger charge is 2.41. The first-order chi connectivity index (χ1) is 11.5. The second-order valence-electron chi connectivity index (χ2n) is 7.53. The summed E-state index contributed by atoms with van der Waals surface area (Å²) >= 11 is 4.42. The van der Waals surface area contributed by atoms with E-state index in [-0.39, 0.29) is 11.3 Å². The molecule has 3 rings (SSSR count). The Morgan fingerprint density at radius 2 is 2.08 bits per heavy atom. The molecule has 2 atom stereocenters. The lowest BCUT2D eigenvalue weighted by molar-refractivity contribution is 0.0497. The first kappa shape index (κ1) is 17.6. The standard InChI is InChI=1S/C20H28N2OS/c1-20-12-7-6-10-18(19(23)17-8-4-3-5-9-17)22(20)15-16(11-13-20)14-21(2)24/h3-5,8-10,16,24H,6-7,11-15H2,1-2H3. The van der Waals surface area contributed by atoms with Gasteiger partial charge in [0.05, 0.1) is 5.70 Å². The Morgan fingerprint density at radius 3 is 2.79 bits per heavy atom. The maximum absolute atomic E-state index is 13.1. The summed E-state index contributed by atoms with van der Waals surface area (Å²) in [7, 11) is 2.01. The number of hydrogen-bond donors (Lipinski definition) is 1. The fourth-order valence-corrected chi connectivity index (χ4v) is 4.41. The van der Waals surface area contributed by atoms with E-state index in [1.54, 1.807) is 0 Å². The number of carbonyl (C=O) groups excluding carboxylic acids is 1. The first-order valence-electron chi connectivity index (χ1n) is 8.97. The number of fused-ring (bicyclic) bond motifs is 1. The Bertz CT molecular complexity index is 613. The molecule has 1 fully saturated rings. The number of carbonyl (C=O) groups is 1. The third kappa shape index (κ3) is 3.70. The lowest BCUT2D eigenvalue weighted by Gasteiger charge is -2.49. The van der Waals surface area contributed by atoms with Gasteiger partial charge in [0.25, 0.3) is 0 Å². The van der Waals surface area contributed by atoms with E-state index in [1.807, 2.05) is 41.7 Å². The van der Waals surface area contributed by atoms with E-state index in [9.17, 15) is 4.79 Å². The molecule has 2 unspecified atom stereocenters. The number of ketones is 1. The van der Waals surface area contributed by atoms with Crippen molar-refractivity contribution in [2.75, 3.05) is 20.1 Å². The number of piperidine rings is 1. The predicted octanol–water partition coefficient (Wildman–Crippen LogP) is 4.18. The van der Waals surface area contributed by atoms with Crippen LogP contribution < -0.4 is 0 Å². The summed E-state index contributed by atoms with van der Waals surface area (Å²) in [6, 6.07) is 9.70. The average Bonchev–Trinajstić information content (AvgIpc) is 2.74. The van der Waals surface area contributed by atoms with Crippen molar-refractivity contribution in [2.24, 2.45) is 5.92 Å². The summed E-state index contributed by atoms with van der Waals surface area (Å²) < 4.78 is 1.97. The molecule has 0 N–H and O–H groups in total. The third-order valence-corrected chi connectivity index (χ3v) is 5.69. The van der Waals surface area contributed by atoms with Crippen LogP contribution in [0.3, 0.4) is 0 Å². The minimum atomic E-state index is 0.110. The van der Waals surface area contributed by atoms with Gasteiger partial charge in [-0.3, -0.25) is 9.10 Å². The normalized spacial score (nSPS) is 27.4. The monoisotopic (exact) mass is 344 g/mol. The van der Waals surface area contributed by atoms with Crippen LogP contribution in [0.1, 0.15) is 49.4 Å². The predicted molar refractivity (Wildman–Crippen MR) is 102 cm³/mol. The molecule has 3 nitrogen and oxygen atoms in total. The molecule has 1 saturated heterocycles. The number of nitrogens with zero attached hydrogens (tertiary/aromatic N) is 2. The van der Waals surface area contributed by atoms with Gasteiger partial charge < -0.3 is 4.90 Å². The molecule has 4 heteroatoms. The molecule has 0 spiro atoms. The fraction of sp³-hybridized carbons (Fsp3) is 0.550. The van der Waals surface area contributed by atoms with Crippen molar-refractivity contribution >= 4 is 18.6 Å². The molecule has 2 aliphatic heterocycles. The van der Waals surface area contributed by atoms with Gasteiger partial charge in [-0.15, -0.1) is 0 Å². The van der Waals surface area contributed by atoms with Gasteiger partial charge in [0.2, 0.25) is 5.78 Å². The molecular formula is C20H28N2OS. The molecule has 0 aromatic heterocycles. The maximum atomic E-state index is 13.1. The largest absolute Gasteiger partial charge is 0.363 e. The average molecular weight is 345 g/mol. The second kappa shape index (κ2) is 7.32. The second-order valence-corrected chi connectivity index (χ2v) is 8.21. The van der Waals surface area contributed by atoms with Crippen LogP contribution in [0.25, 0.3) is 0 Å². The smallest absolute Gasteiger partial charge is 0.208 e. The van der Waals surface area contributed by atoms with Crippen LogP contribution in [0.2, 0.25) is 0 Å². The number of rotatable bonds is 4. The van der Waals surface area contributed by atoms with Crippen molar-refractivity contribution in [3.8, 4) is 0 Å². The maximum Gasteiger partial charge on any atom is 0.208 e. The fourth-order valence-electron chi connectivity index (χ4n) is 4.18. The summed E-state index contributed by atoms with van der Waals surface area (Å²) in [6.07, 6.45) is 7.86. The van der Waals surface area contributed by atoms with Gasteiger partial charge in [-0.2, -0.15) is 0 Å². The van der Waals surface area contributed by atoms with E-state index in [2.05, 4.69) is 30.7 Å². The summed E-state index contributed by atoms with van der Waals surface area (Å²) in [5, 5.41) is 0. The lowest BCUT2D eigenvalue weighted by atomic mass is 9.80. The van der Waals surface area contributed by atoms with Crippen molar-refractivity contribution < 1.29 is 4.79 Å². The summed E-state index contributed by atoms with van der Waals surface area (Å²) in [6.45, 7) is 4.25. The Labute approximate surface area is 151 Å². The van der Waals surface area contributed by atoms with E-state index >= 15 is 0 Å². The van der Waals surface area contributed by atoms with E-state index in [1.165, 1.54) is 12.8 Å². The molecule has 0 saturated carbocycles. The summed E-state index contributed by atoms with van der Waals surface area (Å²) in [4.78, 5) is 15.6. The highest BCUT2D eigenvalue weighted by atomic mass is 32.1. The molecule has 1 aromatic rings. The topological polar surface area (TPSA) is 23.6 Å². The Kier molecular flexibility index (Phi) is 5.36. The van der Waals surface area contributed by atoms with E-state index in [4.69, 9.17) is 0 Å². The molecule has 1 aromatic carbocycles. The van der Waals surface area contributed by atoms with Gasteiger partial charge >= 0.3 is 0 Å². The molecule has 2 aliphatic rings. The van der Waals surface area contributed by atoms with Crippen LogP contribution in [0.5, 0.6) is 0 Å². The minimum Gasteiger partial charge on any atom is -0.363 e. The van der Waals surface area contributed by atoms with Gasteiger partial charge in [-0.1, -0.05) is 49.2 Å². The van der Waals surface area contributed by atoms with E-state index in [0.717, 1.165) is 43.6 Å². The van der Waals surface area contributed by atoms with Crippen molar-refractivity contribution in [1.82, 2.24) is 9.21 Å². The number of benzene rings is 1. The molecule has 2 heterocycles. The van der Waals surface area contributed by atoms with Crippen LogP contribution >= 0.6 is 12.8 Å². The Balaban J connectivity index is 1.89. The number of thiol groups is 1. The summed E-state index contributed by atoms with van der Waals surface area (Å²) in [5.74, 6) is 0.731. The van der Waals surface area contributed by atoms with Crippen molar-refractivity contribution in [2.45, 2.75) is 44.6 Å².